The molecule has 19 nitrogen and oxygen atoms in total. The second-order valence-electron chi connectivity index (χ2n) is 27.4. The SMILES string of the molecule is CC/C=C\C/C=C\C/C=C\C/C=C\C/C=C\C/C=C\C/C=C\CCCCCCCCCCCCCC(=O)NC(COC1OC(CO)C(OC2OC(CO)C(OC3OC(CO)C(O)C(O)C3O)C(O)C2O)C(O)C1O)C(O)/C=C/CC/C=C/CCCCCCCCCCCCCCCCCC. The van der Waals surface area contributed by atoms with Crippen molar-refractivity contribution >= 4 is 5.91 Å². The van der Waals surface area contributed by atoms with Gasteiger partial charge >= 0.3 is 0 Å². The summed E-state index contributed by atoms with van der Waals surface area (Å²) in [7, 11) is 0. The molecular weight excluding hydrogens is 1270 g/mol. The fourth-order valence-corrected chi connectivity index (χ4v) is 12.5. The first kappa shape index (κ1) is 90.7. The van der Waals surface area contributed by atoms with Crippen LogP contribution in [0.25, 0.3) is 0 Å². The van der Waals surface area contributed by atoms with Crippen LogP contribution in [0, 0.1) is 0 Å². The average Bonchev–Trinajstić information content (AvgIpc) is 0.783. The van der Waals surface area contributed by atoms with E-state index in [0.29, 0.717) is 12.8 Å². The largest absolute Gasteiger partial charge is 0.394 e. The van der Waals surface area contributed by atoms with Gasteiger partial charge in [0.1, 0.15) is 73.2 Å². The van der Waals surface area contributed by atoms with Gasteiger partial charge in [0, 0.05) is 6.42 Å². The molecule has 0 aliphatic carbocycles. The Morgan fingerprint density at radius 1 is 0.370 bits per heavy atom. The zero-order valence-electron chi connectivity index (χ0n) is 61.4. The Hall–Kier alpha value is -3.55. The summed E-state index contributed by atoms with van der Waals surface area (Å²) in [5, 5.41) is 121. The molecule has 0 saturated carbocycles. The predicted molar refractivity (Wildman–Crippen MR) is 397 cm³/mol. The van der Waals surface area contributed by atoms with Gasteiger partial charge < -0.3 is 89.9 Å². The number of carbonyl (C=O) groups excluding carboxylic acids is 1. The first-order valence-electron chi connectivity index (χ1n) is 39.1. The van der Waals surface area contributed by atoms with Crippen molar-refractivity contribution in [3.63, 3.8) is 0 Å². The Morgan fingerprint density at radius 3 is 1.12 bits per heavy atom. The number of ether oxygens (including phenoxy) is 6. The molecule has 0 spiro atoms. The highest BCUT2D eigenvalue weighted by atomic mass is 16.8. The lowest BCUT2D eigenvalue weighted by atomic mass is 9.96. The lowest BCUT2D eigenvalue weighted by molar-refractivity contribution is -0.379. The van der Waals surface area contributed by atoms with Crippen LogP contribution >= 0.6 is 0 Å². The van der Waals surface area contributed by atoms with E-state index >= 15 is 0 Å². The van der Waals surface area contributed by atoms with Gasteiger partial charge in [-0.25, -0.2) is 0 Å². The number of hydrogen-bond donors (Lipinski definition) is 12. The summed E-state index contributed by atoms with van der Waals surface area (Å²) < 4.78 is 34.4. The molecule has 0 aromatic carbocycles. The van der Waals surface area contributed by atoms with Crippen LogP contribution in [0.2, 0.25) is 0 Å². The summed E-state index contributed by atoms with van der Waals surface area (Å²) in [6, 6.07) is -1.000. The maximum atomic E-state index is 13.5. The third-order valence-electron chi connectivity index (χ3n) is 18.8. The summed E-state index contributed by atoms with van der Waals surface area (Å²) in [5.41, 5.74) is 0. The molecule has 19 heteroatoms. The van der Waals surface area contributed by atoms with Crippen LogP contribution in [0.4, 0.5) is 0 Å². The van der Waals surface area contributed by atoms with Crippen LogP contribution in [0.15, 0.2) is 109 Å². The molecule has 3 aliphatic rings. The van der Waals surface area contributed by atoms with Gasteiger partial charge in [-0.3, -0.25) is 4.79 Å². The van der Waals surface area contributed by atoms with Crippen molar-refractivity contribution in [1.82, 2.24) is 5.32 Å². The van der Waals surface area contributed by atoms with Crippen molar-refractivity contribution in [2.24, 2.45) is 0 Å². The standard InChI is InChI=1S/C81H139NO18/c1-3-5-7-9-11-13-15-17-19-21-23-25-27-28-29-30-31-32-33-34-35-36-37-39-41-43-45-47-49-51-53-55-57-59-69(87)82-64(65(86)58-56-54-52-50-48-46-44-42-40-38-26-24-22-20-18-16-14-12-10-8-6-4-2)63-95-79-75(93)72(90)77(67(61-84)97-79)100-81-76(94)73(91)78(68(62-85)98-81)99-80-74(92)71(89)70(88)66(60-83)96-80/h5,7,11,13,17,19,23,25,28-29,31-32,34-35,48,50,56,58,64-68,70-81,83-86,88-94H,3-4,6,8-10,12,14-16,18,20-22,24,26-27,30,33,36-47,49,51-55,57,59-63H2,1-2H3,(H,82,87)/b7-5-,13-11-,19-17-,25-23-,29-28-,32-31-,35-34-,50-48+,58-56+. The summed E-state index contributed by atoms with van der Waals surface area (Å²) >= 11 is 0. The average molecular weight is 1410 g/mol. The van der Waals surface area contributed by atoms with E-state index < -0.39 is 124 Å². The molecule has 3 saturated heterocycles. The fraction of sp³-hybridized carbons (Fsp3) is 0.765. The normalized spacial score (nSPS) is 27.1. The zero-order valence-corrected chi connectivity index (χ0v) is 61.4. The Labute approximate surface area is 602 Å². The number of carbonyl (C=O) groups is 1. The number of unbranched alkanes of at least 4 members (excludes halogenated alkanes) is 28. The van der Waals surface area contributed by atoms with Crippen molar-refractivity contribution in [2.45, 2.75) is 369 Å². The van der Waals surface area contributed by atoms with Crippen molar-refractivity contribution in [2.75, 3.05) is 26.4 Å². The number of amides is 1. The Morgan fingerprint density at radius 2 is 0.700 bits per heavy atom. The summed E-state index contributed by atoms with van der Waals surface area (Å²) in [6.07, 6.45) is 56.3. The summed E-state index contributed by atoms with van der Waals surface area (Å²) in [4.78, 5) is 13.5. The third-order valence-corrected chi connectivity index (χ3v) is 18.8. The third kappa shape index (κ3) is 40.6. The second-order valence-corrected chi connectivity index (χ2v) is 27.4. The molecule has 1 amide bonds. The monoisotopic (exact) mass is 1410 g/mol. The van der Waals surface area contributed by atoms with Gasteiger partial charge in [-0.2, -0.15) is 0 Å². The lowest BCUT2D eigenvalue weighted by Gasteiger charge is -2.48. The zero-order chi connectivity index (χ0) is 72.5. The minimum atomic E-state index is -1.99. The van der Waals surface area contributed by atoms with E-state index in [2.05, 4.69) is 116 Å². The number of nitrogens with one attached hydrogen (secondary N) is 1. The van der Waals surface area contributed by atoms with Crippen molar-refractivity contribution in [1.29, 1.82) is 0 Å². The molecule has 17 atom stereocenters. The van der Waals surface area contributed by atoms with Gasteiger partial charge in [-0.15, -0.1) is 0 Å². The number of aliphatic hydroxyl groups is 11. The van der Waals surface area contributed by atoms with Crippen LogP contribution in [-0.4, -0.2) is 193 Å². The van der Waals surface area contributed by atoms with E-state index in [0.717, 1.165) is 96.3 Å². The maximum Gasteiger partial charge on any atom is 0.220 e. The van der Waals surface area contributed by atoms with Crippen LogP contribution in [0.5, 0.6) is 0 Å². The van der Waals surface area contributed by atoms with E-state index in [-0.39, 0.29) is 18.9 Å². The van der Waals surface area contributed by atoms with E-state index in [9.17, 15) is 61.0 Å². The smallest absolute Gasteiger partial charge is 0.220 e. The Balaban J connectivity index is 1.39. The first-order chi connectivity index (χ1) is 48.8. The molecule has 0 radical (unpaired) electrons. The predicted octanol–water partition coefficient (Wildman–Crippen LogP) is 12.6. The van der Waals surface area contributed by atoms with E-state index in [4.69, 9.17) is 28.4 Å². The van der Waals surface area contributed by atoms with Crippen LogP contribution in [0.1, 0.15) is 264 Å². The van der Waals surface area contributed by atoms with Crippen molar-refractivity contribution in [3.05, 3.63) is 109 Å². The Kier molecular flexibility index (Phi) is 55.0. The number of allylic oxidation sites excluding steroid dienone is 17. The molecule has 12 N–H and O–H groups in total. The Bertz CT molecular complexity index is 2230. The number of hydrogen-bond acceptors (Lipinski definition) is 18. The van der Waals surface area contributed by atoms with Crippen molar-refractivity contribution < 1.29 is 89.4 Å². The minimum Gasteiger partial charge on any atom is -0.394 e. The van der Waals surface area contributed by atoms with Gasteiger partial charge in [0.2, 0.25) is 5.91 Å². The maximum absolute atomic E-state index is 13.5. The topological polar surface area (TPSA) is 307 Å². The van der Waals surface area contributed by atoms with E-state index in [1.807, 2.05) is 6.08 Å². The molecule has 0 bridgehead atoms. The van der Waals surface area contributed by atoms with Crippen LogP contribution in [0.3, 0.4) is 0 Å². The molecule has 576 valence electrons. The highest BCUT2D eigenvalue weighted by molar-refractivity contribution is 5.76. The molecule has 100 heavy (non-hydrogen) atoms. The highest BCUT2D eigenvalue weighted by Gasteiger charge is 2.53. The van der Waals surface area contributed by atoms with Crippen LogP contribution in [-0.2, 0) is 33.2 Å². The molecule has 3 aliphatic heterocycles. The van der Waals surface area contributed by atoms with Gasteiger partial charge in [0.15, 0.2) is 18.9 Å². The van der Waals surface area contributed by atoms with Crippen molar-refractivity contribution in [3.8, 4) is 0 Å². The minimum absolute atomic E-state index is 0.225. The molecular formula is C81H139NO18. The molecule has 3 rings (SSSR count). The van der Waals surface area contributed by atoms with E-state index in [1.165, 1.54) is 135 Å². The first-order valence-corrected chi connectivity index (χ1v) is 39.1. The lowest BCUT2D eigenvalue weighted by Crippen LogP contribution is -2.66. The summed E-state index contributed by atoms with van der Waals surface area (Å²) in [6.45, 7) is 1.61. The second kappa shape index (κ2) is 60.7. The van der Waals surface area contributed by atoms with Gasteiger partial charge in [0.05, 0.1) is 38.6 Å². The molecule has 17 unspecified atom stereocenters. The molecule has 0 aromatic heterocycles. The fourth-order valence-electron chi connectivity index (χ4n) is 12.5. The quantitative estimate of drug-likeness (QED) is 0.0199. The van der Waals surface area contributed by atoms with Gasteiger partial charge in [-0.05, 0) is 89.9 Å². The molecule has 0 aromatic rings. The van der Waals surface area contributed by atoms with Gasteiger partial charge in [0.25, 0.3) is 0 Å². The number of aliphatic hydroxyl groups excluding tert-OH is 11. The van der Waals surface area contributed by atoms with Crippen LogP contribution < -0.4 is 5.32 Å². The molecule has 3 fully saturated rings. The highest BCUT2D eigenvalue weighted by Crippen LogP contribution is 2.33. The van der Waals surface area contributed by atoms with Gasteiger partial charge in [-0.1, -0.05) is 277 Å². The number of rotatable bonds is 60. The summed E-state index contributed by atoms with van der Waals surface area (Å²) in [5.74, 6) is -0.291. The van der Waals surface area contributed by atoms with E-state index in [1.54, 1.807) is 6.08 Å². The molecule has 3 heterocycles.